The Morgan fingerprint density at radius 1 is 1.16 bits per heavy atom. The van der Waals surface area contributed by atoms with Gasteiger partial charge in [0.1, 0.15) is 0 Å². The van der Waals surface area contributed by atoms with Crippen LogP contribution < -0.4 is 15.2 Å². The van der Waals surface area contributed by atoms with Crippen LogP contribution in [0.4, 0.5) is 5.69 Å². The number of nitrogen functional groups attached to an aromatic ring is 1. The molecule has 1 aliphatic rings. The van der Waals surface area contributed by atoms with E-state index in [1.54, 1.807) is 11.8 Å². The lowest BCUT2D eigenvalue weighted by Gasteiger charge is -2.05. The van der Waals surface area contributed by atoms with E-state index in [2.05, 4.69) is 0 Å². The summed E-state index contributed by atoms with van der Waals surface area (Å²) in [5.74, 6) is 2.18. The lowest BCUT2D eigenvalue weighted by Crippen LogP contribution is -1.93. The highest BCUT2D eigenvalue weighted by molar-refractivity contribution is 7.98. The van der Waals surface area contributed by atoms with Crippen LogP contribution in [0.3, 0.4) is 0 Å². The summed E-state index contributed by atoms with van der Waals surface area (Å²) in [5, 5.41) is 0.600. The molecule has 3 rings (SSSR count). The van der Waals surface area contributed by atoms with Gasteiger partial charge in [0.05, 0.1) is 5.02 Å². The van der Waals surface area contributed by atoms with Crippen molar-refractivity contribution in [1.82, 2.24) is 0 Å². The van der Waals surface area contributed by atoms with Crippen molar-refractivity contribution in [3.63, 3.8) is 0 Å². The van der Waals surface area contributed by atoms with Crippen LogP contribution in [0, 0.1) is 0 Å². The molecule has 2 N–H and O–H groups in total. The summed E-state index contributed by atoms with van der Waals surface area (Å²) >= 11 is 7.87. The zero-order valence-corrected chi connectivity index (χ0v) is 11.6. The molecule has 0 saturated carbocycles. The molecule has 0 aliphatic carbocycles. The molecule has 2 aromatic rings. The van der Waals surface area contributed by atoms with Crippen LogP contribution in [0.5, 0.6) is 11.5 Å². The van der Waals surface area contributed by atoms with E-state index in [4.69, 9.17) is 26.8 Å². The number of benzene rings is 2. The van der Waals surface area contributed by atoms with Crippen molar-refractivity contribution in [2.24, 2.45) is 0 Å². The van der Waals surface area contributed by atoms with Crippen LogP contribution in [0.2, 0.25) is 5.02 Å². The number of ether oxygens (including phenoxy) is 2. The minimum Gasteiger partial charge on any atom is -0.454 e. The van der Waals surface area contributed by atoms with Crippen LogP contribution in [0.15, 0.2) is 41.3 Å². The van der Waals surface area contributed by atoms with Crippen molar-refractivity contribution >= 4 is 29.1 Å². The SMILES string of the molecule is Nc1ccc(SCc2cc(Cl)c3c(c2)OCO3)cc1. The van der Waals surface area contributed by atoms with E-state index < -0.39 is 0 Å². The molecule has 2 aromatic carbocycles. The number of rotatable bonds is 3. The number of thioether (sulfide) groups is 1. The van der Waals surface area contributed by atoms with Crippen molar-refractivity contribution < 1.29 is 9.47 Å². The number of fused-ring (bicyclic) bond motifs is 1. The average Bonchev–Trinajstić information content (AvgIpc) is 2.87. The maximum Gasteiger partial charge on any atom is 0.231 e. The van der Waals surface area contributed by atoms with Crippen molar-refractivity contribution in [3.8, 4) is 11.5 Å². The highest BCUT2D eigenvalue weighted by atomic mass is 35.5. The molecule has 0 saturated heterocycles. The van der Waals surface area contributed by atoms with E-state index in [-0.39, 0.29) is 6.79 Å². The van der Waals surface area contributed by atoms with Crippen LogP contribution in [-0.2, 0) is 5.75 Å². The molecule has 3 nitrogen and oxygen atoms in total. The number of nitrogens with two attached hydrogens (primary N) is 1. The Morgan fingerprint density at radius 2 is 1.95 bits per heavy atom. The van der Waals surface area contributed by atoms with Crippen LogP contribution in [0.25, 0.3) is 0 Å². The first-order chi connectivity index (χ1) is 9.22. The van der Waals surface area contributed by atoms with Gasteiger partial charge in [-0.1, -0.05) is 11.6 Å². The number of hydrogen-bond acceptors (Lipinski definition) is 4. The quantitative estimate of drug-likeness (QED) is 0.687. The number of anilines is 1. The van der Waals surface area contributed by atoms with Gasteiger partial charge in [0.15, 0.2) is 11.5 Å². The highest BCUT2D eigenvalue weighted by Gasteiger charge is 2.18. The molecule has 1 heterocycles. The molecule has 0 unspecified atom stereocenters. The Hall–Kier alpha value is -1.52. The number of hydrogen-bond donors (Lipinski definition) is 1. The Bertz CT molecular complexity index is 601. The molecular weight excluding hydrogens is 282 g/mol. The molecule has 19 heavy (non-hydrogen) atoms. The predicted octanol–water partition coefficient (Wildman–Crippen LogP) is 3.94. The standard InChI is InChI=1S/C14H12ClNO2S/c15-12-5-9(6-13-14(12)18-8-17-13)7-19-11-3-1-10(16)2-4-11/h1-6H,7-8,16H2. The lowest BCUT2D eigenvalue weighted by atomic mass is 10.2. The molecular formula is C14H12ClNO2S. The van der Waals surface area contributed by atoms with E-state index >= 15 is 0 Å². The zero-order chi connectivity index (χ0) is 13.2. The second-order valence-corrected chi connectivity index (χ2v) is 5.63. The van der Waals surface area contributed by atoms with Gasteiger partial charge in [-0.25, -0.2) is 0 Å². The molecule has 0 amide bonds. The minimum absolute atomic E-state index is 0.240. The third kappa shape index (κ3) is 2.74. The van der Waals surface area contributed by atoms with Gasteiger partial charge in [-0.05, 0) is 42.0 Å². The van der Waals surface area contributed by atoms with E-state index in [0.717, 1.165) is 22.8 Å². The Morgan fingerprint density at radius 3 is 2.74 bits per heavy atom. The monoisotopic (exact) mass is 293 g/mol. The maximum absolute atomic E-state index is 6.15. The first kappa shape index (κ1) is 12.5. The van der Waals surface area contributed by atoms with Gasteiger partial charge in [-0.2, -0.15) is 0 Å². The molecule has 0 radical (unpaired) electrons. The fraction of sp³-hybridized carbons (Fsp3) is 0.143. The third-order valence-electron chi connectivity index (χ3n) is 2.77. The molecule has 5 heteroatoms. The van der Waals surface area contributed by atoms with Crippen LogP contribution in [0.1, 0.15) is 5.56 Å². The van der Waals surface area contributed by atoms with Crippen molar-refractivity contribution in [2.75, 3.05) is 12.5 Å². The van der Waals surface area contributed by atoms with E-state index in [1.807, 2.05) is 36.4 Å². The molecule has 0 aromatic heterocycles. The first-order valence-corrected chi connectivity index (χ1v) is 7.15. The smallest absolute Gasteiger partial charge is 0.231 e. The molecule has 0 spiro atoms. The summed E-state index contributed by atoms with van der Waals surface area (Å²) < 4.78 is 10.6. The summed E-state index contributed by atoms with van der Waals surface area (Å²) in [7, 11) is 0. The third-order valence-corrected chi connectivity index (χ3v) is 4.14. The van der Waals surface area contributed by atoms with E-state index in [0.29, 0.717) is 10.8 Å². The van der Waals surface area contributed by atoms with Crippen molar-refractivity contribution in [2.45, 2.75) is 10.6 Å². The predicted molar refractivity (Wildman–Crippen MR) is 78.0 cm³/mol. The van der Waals surface area contributed by atoms with Gasteiger partial charge in [0.2, 0.25) is 6.79 Å². The molecule has 98 valence electrons. The number of halogens is 1. The van der Waals surface area contributed by atoms with Gasteiger partial charge in [0.25, 0.3) is 0 Å². The molecule has 0 atom stereocenters. The van der Waals surface area contributed by atoms with Gasteiger partial charge in [-0.15, -0.1) is 11.8 Å². The van der Waals surface area contributed by atoms with E-state index in [1.165, 1.54) is 4.90 Å². The van der Waals surface area contributed by atoms with Crippen LogP contribution in [-0.4, -0.2) is 6.79 Å². The first-order valence-electron chi connectivity index (χ1n) is 5.79. The minimum atomic E-state index is 0.240. The van der Waals surface area contributed by atoms with E-state index in [9.17, 15) is 0 Å². The Balaban J connectivity index is 1.73. The van der Waals surface area contributed by atoms with Gasteiger partial charge < -0.3 is 15.2 Å². The molecule has 0 fully saturated rings. The summed E-state index contributed by atoms with van der Waals surface area (Å²) in [6.07, 6.45) is 0. The fourth-order valence-electron chi connectivity index (χ4n) is 1.83. The Kier molecular flexibility index (Phi) is 3.44. The second kappa shape index (κ2) is 5.23. The topological polar surface area (TPSA) is 44.5 Å². The van der Waals surface area contributed by atoms with Gasteiger partial charge in [0, 0.05) is 16.3 Å². The summed E-state index contributed by atoms with van der Waals surface area (Å²) in [5.41, 5.74) is 7.54. The Labute approximate surface area is 120 Å². The fourth-order valence-corrected chi connectivity index (χ4v) is 2.95. The van der Waals surface area contributed by atoms with Gasteiger partial charge >= 0.3 is 0 Å². The highest BCUT2D eigenvalue weighted by Crippen LogP contribution is 2.40. The molecule has 1 aliphatic heterocycles. The van der Waals surface area contributed by atoms with Crippen molar-refractivity contribution in [1.29, 1.82) is 0 Å². The summed E-state index contributed by atoms with van der Waals surface area (Å²) in [6.45, 7) is 0.240. The summed E-state index contributed by atoms with van der Waals surface area (Å²) in [6, 6.07) is 11.7. The normalized spacial score (nSPS) is 12.7. The second-order valence-electron chi connectivity index (χ2n) is 4.17. The molecule has 0 bridgehead atoms. The van der Waals surface area contributed by atoms with Crippen LogP contribution >= 0.6 is 23.4 Å². The zero-order valence-electron chi connectivity index (χ0n) is 10.1. The largest absolute Gasteiger partial charge is 0.454 e. The summed E-state index contributed by atoms with van der Waals surface area (Å²) in [4.78, 5) is 1.17. The average molecular weight is 294 g/mol. The lowest BCUT2D eigenvalue weighted by molar-refractivity contribution is 0.174. The maximum atomic E-state index is 6.15. The van der Waals surface area contributed by atoms with Gasteiger partial charge in [-0.3, -0.25) is 0 Å². The van der Waals surface area contributed by atoms with Crippen molar-refractivity contribution in [3.05, 3.63) is 47.0 Å².